The van der Waals surface area contributed by atoms with Crippen molar-refractivity contribution in [1.82, 2.24) is 10.2 Å². The Morgan fingerprint density at radius 2 is 2.27 bits per heavy atom. The molecule has 0 spiro atoms. The maximum absolute atomic E-state index is 10.3. The lowest BCUT2D eigenvalue weighted by molar-refractivity contribution is -0.138. The second-order valence-corrected chi connectivity index (χ2v) is 2.69. The van der Waals surface area contributed by atoms with Gasteiger partial charge in [0.25, 0.3) is 0 Å². The molecule has 63 valence electrons. The molecule has 0 amide bonds. The van der Waals surface area contributed by atoms with Gasteiger partial charge in [-0.05, 0) is 6.42 Å². The summed E-state index contributed by atoms with van der Waals surface area (Å²) in [7, 11) is 0. The first-order valence-corrected chi connectivity index (χ1v) is 3.86. The predicted octanol–water partition coefficient (Wildman–Crippen LogP) is -0.619. The summed E-state index contributed by atoms with van der Waals surface area (Å²) in [6.45, 7) is 3.50. The van der Waals surface area contributed by atoms with Crippen molar-refractivity contribution in [3.63, 3.8) is 0 Å². The van der Waals surface area contributed by atoms with E-state index in [4.69, 9.17) is 5.11 Å². The third kappa shape index (κ3) is 3.34. The van der Waals surface area contributed by atoms with Gasteiger partial charge in [-0.2, -0.15) is 0 Å². The second kappa shape index (κ2) is 4.31. The third-order valence-electron chi connectivity index (χ3n) is 1.72. The van der Waals surface area contributed by atoms with Gasteiger partial charge < -0.3 is 5.11 Å². The highest BCUT2D eigenvalue weighted by Gasteiger charge is 2.11. The van der Waals surface area contributed by atoms with Crippen LogP contribution in [-0.2, 0) is 4.79 Å². The van der Waals surface area contributed by atoms with Crippen molar-refractivity contribution in [3.05, 3.63) is 0 Å². The SMILES string of the molecule is O=C(O)CN1CCC[N]CC1. The third-order valence-corrected chi connectivity index (χ3v) is 1.72. The average molecular weight is 157 g/mol. The van der Waals surface area contributed by atoms with E-state index in [1.165, 1.54) is 0 Å². The van der Waals surface area contributed by atoms with Crippen LogP contribution in [0.2, 0.25) is 0 Å². The summed E-state index contributed by atoms with van der Waals surface area (Å²) in [5.41, 5.74) is 0. The molecule has 0 unspecified atom stereocenters. The molecule has 1 aliphatic rings. The van der Waals surface area contributed by atoms with Crippen molar-refractivity contribution >= 4 is 5.97 Å². The minimum absolute atomic E-state index is 0.162. The molecule has 11 heavy (non-hydrogen) atoms. The van der Waals surface area contributed by atoms with Crippen LogP contribution in [0, 0.1) is 0 Å². The van der Waals surface area contributed by atoms with E-state index >= 15 is 0 Å². The van der Waals surface area contributed by atoms with Crippen molar-refractivity contribution in [1.29, 1.82) is 0 Å². The van der Waals surface area contributed by atoms with Gasteiger partial charge in [0, 0.05) is 26.2 Å². The Balaban J connectivity index is 2.25. The molecule has 1 heterocycles. The summed E-state index contributed by atoms with van der Waals surface area (Å²) >= 11 is 0. The van der Waals surface area contributed by atoms with Crippen molar-refractivity contribution in [3.8, 4) is 0 Å². The number of nitrogens with zero attached hydrogens (tertiary/aromatic N) is 2. The van der Waals surface area contributed by atoms with Gasteiger partial charge >= 0.3 is 5.97 Å². The molecule has 0 aromatic heterocycles. The normalized spacial score (nSPS) is 21.1. The zero-order valence-electron chi connectivity index (χ0n) is 6.49. The van der Waals surface area contributed by atoms with E-state index in [9.17, 15) is 4.79 Å². The number of carbonyl (C=O) groups is 1. The van der Waals surface area contributed by atoms with E-state index in [1.54, 1.807) is 0 Å². The topological polar surface area (TPSA) is 54.6 Å². The largest absolute Gasteiger partial charge is 0.480 e. The van der Waals surface area contributed by atoms with Gasteiger partial charge in [0.15, 0.2) is 0 Å². The molecule has 0 aromatic carbocycles. The lowest BCUT2D eigenvalue weighted by Gasteiger charge is -2.15. The fraction of sp³-hybridized carbons (Fsp3) is 0.857. The number of hydrogen-bond acceptors (Lipinski definition) is 2. The fourth-order valence-electron chi connectivity index (χ4n) is 1.19. The van der Waals surface area contributed by atoms with Gasteiger partial charge in [0.2, 0.25) is 0 Å². The molecule has 0 saturated carbocycles. The number of aliphatic carboxylic acids is 1. The zero-order chi connectivity index (χ0) is 8.10. The Kier molecular flexibility index (Phi) is 3.32. The van der Waals surface area contributed by atoms with E-state index in [1.807, 2.05) is 4.90 Å². The van der Waals surface area contributed by atoms with E-state index in [-0.39, 0.29) is 6.54 Å². The standard InChI is InChI=1S/C7H13N2O2/c10-7(11)6-9-4-1-2-8-3-5-9/h1-6H2,(H,10,11). The maximum atomic E-state index is 10.3. The summed E-state index contributed by atoms with van der Waals surface area (Å²) in [5, 5.41) is 12.7. The van der Waals surface area contributed by atoms with E-state index in [2.05, 4.69) is 5.32 Å². The summed E-state index contributed by atoms with van der Waals surface area (Å²) < 4.78 is 0. The lowest BCUT2D eigenvalue weighted by Crippen LogP contribution is -2.32. The Labute approximate surface area is 66.2 Å². The van der Waals surface area contributed by atoms with Gasteiger partial charge in [-0.25, -0.2) is 5.32 Å². The van der Waals surface area contributed by atoms with Gasteiger partial charge in [-0.3, -0.25) is 9.69 Å². The van der Waals surface area contributed by atoms with Gasteiger partial charge in [-0.1, -0.05) is 0 Å². The van der Waals surface area contributed by atoms with Crippen LogP contribution in [0.4, 0.5) is 0 Å². The summed E-state index contributed by atoms with van der Waals surface area (Å²) in [6, 6.07) is 0. The maximum Gasteiger partial charge on any atom is 0.317 e. The first-order valence-electron chi connectivity index (χ1n) is 3.86. The highest BCUT2D eigenvalue weighted by Crippen LogP contribution is 1.94. The van der Waals surface area contributed by atoms with Crippen molar-refractivity contribution in [2.45, 2.75) is 6.42 Å². The quantitative estimate of drug-likeness (QED) is 0.581. The molecule has 0 atom stereocenters. The molecule has 0 bridgehead atoms. The second-order valence-electron chi connectivity index (χ2n) is 2.69. The summed E-state index contributed by atoms with van der Waals surface area (Å²) in [5.74, 6) is -0.744. The number of rotatable bonds is 2. The molecule has 1 fully saturated rings. The van der Waals surface area contributed by atoms with Crippen LogP contribution in [0.15, 0.2) is 0 Å². The molecule has 1 aliphatic heterocycles. The highest BCUT2D eigenvalue weighted by molar-refractivity contribution is 5.69. The molecule has 0 aliphatic carbocycles. The first-order chi connectivity index (χ1) is 5.29. The zero-order valence-corrected chi connectivity index (χ0v) is 6.49. The van der Waals surface area contributed by atoms with Crippen LogP contribution in [0.1, 0.15) is 6.42 Å². The Morgan fingerprint density at radius 1 is 1.45 bits per heavy atom. The number of carboxylic acid groups (broad SMARTS) is 1. The molecular formula is C7H13N2O2. The van der Waals surface area contributed by atoms with Gasteiger partial charge in [0.1, 0.15) is 0 Å². The minimum Gasteiger partial charge on any atom is -0.480 e. The molecule has 4 heteroatoms. The van der Waals surface area contributed by atoms with Crippen LogP contribution in [-0.4, -0.2) is 48.7 Å². The molecule has 1 radical (unpaired) electrons. The van der Waals surface area contributed by atoms with Crippen LogP contribution in [0.5, 0.6) is 0 Å². The summed E-state index contributed by atoms with van der Waals surface area (Å²) in [4.78, 5) is 12.2. The number of carboxylic acids is 1. The van der Waals surface area contributed by atoms with Crippen LogP contribution in [0.3, 0.4) is 0 Å². The van der Waals surface area contributed by atoms with Gasteiger partial charge in [0.05, 0.1) is 6.54 Å². The van der Waals surface area contributed by atoms with E-state index in [0.29, 0.717) is 0 Å². The van der Waals surface area contributed by atoms with Crippen molar-refractivity contribution < 1.29 is 9.90 Å². The van der Waals surface area contributed by atoms with Gasteiger partial charge in [-0.15, -0.1) is 0 Å². The molecule has 1 rings (SSSR count). The lowest BCUT2D eigenvalue weighted by atomic mass is 10.4. The van der Waals surface area contributed by atoms with Crippen molar-refractivity contribution in [2.75, 3.05) is 32.7 Å². The van der Waals surface area contributed by atoms with Crippen LogP contribution in [0.25, 0.3) is 0 Å². The molecule has 4 nitrogen and oxygen atoms in total. The van der Waals surface area contributed by atoms with Crippen molar-refractivity contribution in [2.24, 2.45) is 0 Å². The first kappa shape index (κ1) is 8.49. The van der Waals surface area contributed by atoms with Crippen LogP contribution < -0.4 is 5.32 Å². The molecule has 1 saturated heterocycles. The predicted molar refractivity (Wildman–Crippen MR) is 40.6 cm³/mol. The molecule has 0 aromatic rings. The smallest absolute Gasteiger partial charge is 0.317 e. The Morgan fingerprint density at radius 3 is 3.00 bits per heavy atom. The molecular weight excluding hydrogens is 144 g/mol. The Bertz CT molecular complexity index is 130. The fourth-order valence-corrected chi connectivity index (χ4v) is 1.19. The van der Waals surface area contributed by atoms with E-state index < -0.39 is 5.97 Å². The molecule has 1 N–H and O–H groups in total. The average Bonchev–Trinajstić information content (AvgIpc) is 2.14. The number of hydrogen-bond donors (Lipinski definition) is 1. The highest BCUT2D eigenvalue weighted by atomic mass is 16.4. The van der Waals surface area contributed by atoms with E-state index in [0.717, 1.165) is 32.6 Å². The summed E-state index contributed by atoms with van der Waals surface area (Å²) in [6.07, 6.45) is 0.993. The monoisotopic (exact) mass is 157 g/mol. The minimum atomic E-state index is -0.744. The van der Waals surface area contributed by atoms with Crippen LogP contribution >= 0.6 is 0 Å². The Hall–Kier alpha value is -0.610.